The van der Waals surface area contributed by atoms with E-state index in [1.54, 1.807) is 0 Å². The molecule has 0 aromatic rings. The van der Waals surface area contributed by atoms with Crippen molar-refractivity contribution in [2.45, 2.75) is 117 Å². The van der Waals surface area contributed by atoms with Crippen molar-refractivity contribution in [1.29, 1.82) is 0 Å². The van der Waals surface area contributed by atoms with Crippen LogP contribution in [-0.2, 0) is 24.1 Å². The third kappa shape index (κ3) is 39.6. The van der Waals surface area contributed by atoms with Crippen LogP contribution in [0, 0.1) is 5.92 Å². The predicted molar refractivity (Wildman–Crippen MR) is 161 cm³/mol. The molecular weight excluding hydrogens is 534 g/mol. The normalized spacial score (nSPS) is 11.8. The summed E-state index contributed by atoms with van der Waals surface area (Å²) in [6.45, 7) is 8.58. The molecule has 242 valence electrons. The van der Waals surface area contributed by atoms with Crippen molar-refractivity contribution in [3.8, 4) is 0 Å². The minimum Gasteiger partial charge on any atom is -0.726 e. The minimum absolute atomic E-state index is 0.0914. The molecule has 0 saturated carbocycles. The van der Waals surface area contributed by atoms with E-state index in [1.165, 1.54) is 110 Å². The van der Waals surface area contributed by atoms with Gasteiger partial charge in [0.2, 0.25) is 10.4 Å². The van der Waals surface area contributed by atoms with Crippen molar-refractivity contribution in [2.75, 3.05) is 59.3 Å². The van der Waals surface area contributed by atoms with Crippen molar-refractivity contribution >= 4 is 10.4 Å². The Balaban J connectivity index is 0. The van der Waals surface area contributed by atoms with Crippen molar-refractivity contribution < 1.29 is 42.2 Å². The van der Waals surface area contributed by atoms with Gasteiger partial charge < -0.3 is 29.6 Å². The first-order chi connectivity index (χ1) is 19.4. The van der Waals surface area contributed by atoms with Crippen molar-refractivity contribution in [3.63, 3.8) is 0 Å². The molecule has 0 saturated heterocycles. The quantitative estimate of drug-likeness (QED) is 0.0476. The van der Waals surface area contributed by atoms with Crippen LogP contribution in [0.5, 0.6) is 0 Å². The highest BCUT2D eigenvalue weighted by Gasteiger charge is 2.09. The van der Waals surface area contributed by atoms with E-state index in [2.05, 4.69) is 28.6 Å². The molecule has 0 aromatic carbocycles. The lowest BCUT2D eigenvalue weighted by atomic mass is 9.94. The van der Waals surface area contributed by atoms with E-state index in [0.717, 1.165) is 26.1 Å². The summed E-state index contributed by atoms with van der Waals surface area (Å²) < 4.78 is 42.9. The van der Waals surface area contributed by atoms with Gasteiger partial charge in [0.05, 0.1) is 46.1 Å². The first-order valence-electron chi connectivity index (χ1n) is 15.8. The van der Waals surface area contributed by atoms with Crippen molar-refractivity contribution in [3.05, 3.63) is 12.2 Å². The Morgan fingerprint density at radius 3 is 1.60 bits per heavy atom. The highest BCUT2D eigenvalue weighted by atomic mass is 32.3. The number of nitrogens with two attached hydrogens (primary N) is 1. The lowest BCUT2D eigenvalue weighted by molar-refractivity contribution is -0.652. The monoisotopic (exact) mass is 597 g/mol. The van der Waals surface area contributed by atoms with Crippen LogP contribution in [0.2, 0.25) is 0 Å². The molecule has 0 heterocycles. The van der Waals surface area contributed by atoms with E-state index >= 15 is 0 Å². The SMILES string of the molecule is CCOS(=O)(=O)[O-].CC[NH2+]CCCCCCCCC=CCCCCCCCC(CCOCCO)CCOCCO. The van der Waals surface area contributed by atoms with E-state index in [4.69, 9.17) is 19.7 Å². The summed E-state index contributed by atoms with van der Waals surface area (Å²) in [6.07, 6.45) is 25.5. The number of hydrogen-bond donors (Lipinski definition) is 3. The molecule has 0 aliphatic rings. The van der Waals surface area contributed by atoms with Gasteiger partial charge in [-0.25, -0.2) is 8.42 Å². The van der Waals surface area contributed by atoms with Crippen LogP contribution in [0.25, 0.3) is 0 Å². The average molecular weight is 598 g/mol. The van der Waals surface area contributed by atoms with Gasteiger partial charge in [-0.1, -0.05) is 63.5 Å². The maximum atomic E-state index is 9.45. The second-order valence-corrected chi connectivity index (χ2v) is 11.2. The van der Waals surface area contributed by atoms with E-state index in [1.807, 2.05) is 0 Å². The smallest absolute Gasteiger partial charge is 0.217 e. The standard InChI is InChI=1S/C28H57NO4.C2H6O4S/c1-2-29-21-17-15-13-11-9-7-5-3-4-6-8-10-12-14-16-18-28(19-24-32-26-22-30)20-25-33-27-23-31;1-2-6-7(3,4)5/h3-4,28-31H,2,5-27H2,1H3;2H2,1H3,(H,3,4,5). The zero-order valence-corrected chi connectivity index (χ0v) is 26.6. The molecule has 9 nitrogen and oxygen atoms in total. The highest BCUT2D eigenvalue weighted by molar-refractivity contribution is 7.80. The molecule has 0 fully saturated rings. The van der Waals surface area contributed by atoms with E-state index < -0.39 is 10.4 Å². The number of aliphatic hydroxyl groups is 2. The van der Waals surface area contributed by atoms with Gasteiger partial charge in [0.25, 0.3) is 0 Å². The average Bonchev–Trinajstić information content (AvgIpc) is 2.92. The fraction of sp³-hybridized carbons (Fsp3) is 0.933. The van der Waals surface area contributed by atoms with Gasteiger partial charge in [0, 0.05) is 13.2 Å². The number of allylic oxidation sites excluding steroid dienone is 2. The number of rotatable bonds is 30. The number of ether oxygens (including phenoxy) is 2. The molecule has 0 aliphatic carbocycles. The fourth-order valence-corrected chi connectivity index (χ4v) is 4.62. The Labute approximate surface area is 246 Å². The zero-order valence-electron chi connectivity index (χ0n) is 25.7. The highest BCUT2D eigenvalue weighted by Crippen LogP contribution is 2.19. The molecule has 0 bridgehead atoms. The van der Waals surface area contributed by atoms with Crippen LogP contribution in [0.3, 0.4) is 0 Å². The third-order valence-electron chi connectivity index (χ3n) is 6.54. The lowest BCUT2D eigenvalue weighted by Crippen LogP contribution is -2.83. The minimum atomic E-state index is -4.42. The molecule has 4 N–H and O–H groups in total. The number of hydrogen-bond acceptors (Lipinski definition) is 8. The van der Waals surface area contributed by atoms with Crippen LogP contribution in [0.4, 0.5) is 0 Å². The van der Waals surface area contributed by atoms with Gasteiger partial charge in [-0.05, 0) is 71.1 Å². The molecule has 0 unspecified atom stereocenters. The maximum absolute atomic E-state index is 9.45. The van der Waals surface area contributed by atoms with E-state index in [-0.39, 0.29) is 19.8 Å². The predicted octanol–water partition coefficient (Wildman–Crippen LogP) is 4.48. The number of unbranched alkanes of at least 4 members (excludes halogenated alkanes) is 11. The van der Waals surface area contributed by atoms with Crippen LogP contribution >= 0.6 is 0 Å². The number of aliphatic hydroxyl groups excluding tert-OH is 2. The first kappa shape index (κ1) is 41.5. The van der Waals surface area contributed by atoms with Gasteiger partial charge in [-0.2, -0.15) is 0 Å². The molecule has 0 spiro atoms. The van der Waals surface area contributed by atoms with E-state index in [9.17, 15) is 13.0 Å². The fourth-order valence-electron chi connectivity index (χ4n) is 4.33. The summed E-state index contributed by atoms with van der Waals surface area (Å²) in [6, 6.07) is 0. The second kappa shape index (κ2) is 34.6. The summed E-state index contributed by atoms with van der Waals surface area (Å²) in [5, 5.41) is 20.1. The molecule has 0 rings (SSSR count). The van der Waals surface area contributed by atoms with Crippen LogP contribution < -0.4 is 5.32 Å². The third-order valence-corrected chi connectivity index (χ3v) is 7.07. The summed E-state index contributed by atoms with van der Waals surface area (Å²) in [5.41, 5.74) is 0. The molecule has 0 aliphatic heterocycles. The van der Waals surface area contributed by atoms with Crippen LogP contribution in [0.1, 0.15) is 117 Å². The summed E-state index contributed by atoms with van der Waals surface area (Å²) in [5.74, 6) is 0.616. The molecule has 0 atom stereocenters. The zero-order chi connectivity index (χ0) is 30.0. The molecule has 0 amide bonds. The Morgan fingerprint density at radius 2 is 1.18 bits per heavy atom. The van der Waals surface area contributed by atoms with Gasteiger partial charge >= 0.3 is 0 Å². The summed E-state index contributed by atoms with van der Waals surface area (Å²) >= 11 is 0. The summed E-state index contributed by atoms with van der Waals surface area (Å²) in [7, 11) is -4.42. The van der Waals surface area contributed by atoms with Crippen molar-refractivity contribution in [2.24, 2.45) is 5.92 Å². The topological polar surface area (TPSA) is 142 Å². The van der Waals surface area contributed by atoms with Crippen LogP contribution in [0.15, 0.2) is 12.2 Å². The second-order valence-electron chi connectivity index (χ2n) is 10.1. The Bertz CT molecular complexity index is 593. The Hall–Kier alpha value is -0.590. The Kier molecular flexibility index (Phi) is 35.9. The van der Waals surface area contributed by atoms with Gasteiger partial charge in [0.15, 0.2) is 0 Å². The first-order valence-corrected chi connectivity index (χ1v) is 17.2. The van der Waals surface area contributed by atoms with Crippen LogP contribution in [-0.4, -0.2) is 82.5 Å². The Morgan fingerprint density at radius 1 is 0.700 bits per heavy atom. The molecular formula is C30H63NO8S. The molecule has 0 radical (unpaired) electrons. The lowest BCUT2D eigenvalue weighted by Gasteiger charge is -2.17. The number of quaternary nitrogens is 1. The van der Waals surface area contributed by atoms with Gasteiger partial charge in [-0.15, -0.1) is 0 Å². The van der Waals surface area contributed by atoms with Gasteiger partial charge in [-0.3, -0.25) is 4.18 Å². The summed E-state index contributed by atoms with van der Waals surface area (Å²) in [4.78, 5) is 0. The maximum Gasteiger partial charge on any atom is 0.217 e. The van der Waals surface area contributed by atoms with E-state index in [0.29, 0.717) is 19.1 Å². The molecule has 10 heteroatoms. The van der Waals surface area contributed by atoms with Gasteiger partial charge in [0.1, 0.15) is 0 Å². The van der Waals surface area contributed by atoms with Crippen molar-refractivity contribution in [1.82, 2.24) is 0 Å². The molecule has 0 aromatic heterocycles. The molecule has 40 heavy (non-hydrogen) atoms. The largest absolute Gasteiger partial charge is 0.726 e.